The van der Waals surface area contributed by atoms with E-state index in [0.29, 0.717) is 34.6 Å². The van der Waals surface area contributed by atoms with Gasteiger partial charge in [-0.2, -0.15) is 0 Å². The number of benzene rings is 1. The van der Waals surface area contributed by atoms with Crippen molar-refractivity contribution in [3.63, 3.8) is 0 Å². The molecule has 23 heavy (non-hydrogen) atoms. The van der Waals surface area contributed by atoms with Crippen molar-refractivity contribution in [1.82, 2.24) is 9.55 Å². The number of carbonyl (C=O) groups is 2. The molecule has 120 valence electrons. The molecule has 0 fully saturated rings. The Bertz CT molecular complexity index is 762. The summed E-state index contributed by atoms with van der Waals surface area (Å²) in [4.78, 5) is 28.3. The van der Waals surface area contributed by atoms with Crippen LogP contribution in [0, 0.1) is 6.92 Å². The van der Waals surface area contributed by atoms with E-state index in [2.05, 4.69) is 11.6 Å². The van der Waals surface area contributed by atoms with Gasteiger partial charge in [0.05, 0.1) is 31.0 Å². The summed E-state index contributed by atoms with van der Waals surface area (Å²) in [5, 5.41) is 0. The highest BCUT2D eigenvalue weighted by Gasteiger charge is 2.22. The Labute approximate surface area is 134 Å². The molecule has 0 saturated heterocycles. The molecule has 2 rings (SSSR count). The fourth-order valence-electron chi connectivity index (χ4n) is 2.43. The largest absolute Gasteiger partial charge is 0.465 e. The van der Waals surface area contributed by atoms with E-state index in [1.807, 2.05) is 0 Å². The number of esters is 2. The first-order valence-corrected chi connectivity index (χ1v) is 6.98. The lowest BCUT2D eigenvalue weighted by molar-refractivity contribution is 0.0586. The van der Waals surface area contributed by atoms with Crippen LogP contribution >= 0.6 is 0 Å². The molecule has 0 aliphatic rings. The number of hydrogen-bond donors (Lipinski definition) is 0. The molecule has 0 aliphatic carbocycles. The van der Waals surface area contributed by atoms with Gasteiger partial charge in [0.25, 0.3) is 0 Å². The number of nitrogens with zero attached hydrogens (tertiary/aromatic N) is 2. The van der Waals surface area contributed by atoms with Crippen molar-refractivity contribution in [2.24, 2.45) is 0 Å². The van der Waals surface area contributed by atoms with Gasteiger partial charge in [0.1, 0.15) is 5.82 Å². The van der Waals surface area contributed by atoms with Crippen molar-refractivity contribution >= 4 is 11.9 Å². The predicted octanol–water partition coefficient (Wildman–Crippen LogP) is 2.48. The molecule has 0 aliphatic heterocycles. The summed E-state index contributed by atoms with van der Waals surface area (Å²) >= 11 is 0. The minimum absolute atomic E-state index is 0.348. The molecule has 0 atom stereocenters. The zero-order valence-electron chi connectivity index (χ0n) is 13.3. The highest BCUT2D eigenvalue weighted by atomic mass is 16.5. The molecular formula is C17H18N2O4. The fraction of sp³-hybridized carbons (Fsp3) is 0.235. The second-order valence-electron chi connectivity index (χ2n) is 4.82. The van der Waals surface area contributed by atoms with Crippen LogP contribution in [0.25, 0.3) is 5.69 Å². The van der Waals surface area contributed by atoms with Gasteiger partial charge in [0.15, 0.2) is 0 Å². The molecule has 6 nitrogen and oxygen atoms in total. The minimum atomic E-state index is -0.488. The van der Waals surface area contributed by atoms with Crippen molar-refractivity contribution in [2.75, 3.05) is 14.2 Å². The predicted molar refractivity (Wildman–Crippen MR) is 84.9 cm³/mol. The molecule has 0 spiro atoms. The van der Waals surface area contributed by atoms with Gasteiger partial charge < -0.3 is 14.0 Å². The topological polar surface area (TPSA) is 70.4 Å². The summed E-state index contributed by atoms with van der Waals surface area (Å²) < 4.78 is 11.4. The fourth-order valence-corrected chi connectivity index (χ4v) is 2.43. The third kappa shape index (κ3) is 3.01. The molecule has 0 saturated carbocycles. The van der Waals surface area contributed by atoms with Crippen LogP contribution in [0.5, 0.6) is 0 Å². The number of hydrogen-bond acceptors (Lipinski definition) is 5. The third-order valence-electron chi connectivity index (χ3n) is 3.53. The summed E-state index contributed by atoms with van der Waals surface area (Å²) in [6.45, 7) is 5.46. The van der Waals surface area contributed by atoms with Gasteiger partial charge in [-0.25, -0.2) is 14.6 Å². The van der Waals surface area contributed by atoms with Crippen molar-refractivity contribution < 1.29 is 19.1 Å². The molecule has 0 N–H and O–H groups in total. The van der Waals surface area contributed by atoms with Crippen molar-refractivity contribution in [2.45, 2.75) is 13.3 Å². The summed E-state index contributed by atoms with van der Waals surface area (Å²) in [5.41, 5.74) is 1.89. The lowest BCUT2D eigenvalue weighted by Gasteiger charge is -2.16. The Morgan fingerprint density at radius 2 is 1.83 bits per heavy atom. The minimum Gasteiger partial charge on any atom is -0.465 e. The zero-order chi connectivity index (χ0) is 17.0. The average molecular weight is 314 g/mol. The lowest BCUT2D eigenvalue weighted by Crippen LogP contribution is -2.14. The maximum Gasteiger partial charge on any atom is 0.340 e. The van der Waals surface area contributed by atoms with Crippen LogP contribution in [0.1, 0.15) is 32.1 Å². The highest BCUT2D eigenvalue weighted by molar-refractivity contribution is 5.98. The number of rotatable bonds is 5. The average Bonchev–Trinajstić information content (AvgIpc) is 3.01. The van der Waals surface area contributed by atoms with E-state index in [-0.39, 0.29) is 0 Å². The number of carbonyl (C=O) groups excluding carboxylic acids is 2. The molecule has 0 amide bonds. The van der Waals surface area contributed by atoms with E-state index in [0.717, 1.165) is 0 Å². The van der Waals surface area contributed by atoms with Crippen molar-refractivity contribution in [3.05, 3.63) is 59.7 Å². The standard InChI is InChI=1S/C17H18N2O4/c1-5-6-14-18-9-10-19(14)15-11(2)12(16(20)22-3)7-8-13(15)17(21)23-4/h5,7-10H,1,6H2,2-4H3. The highest BCUT2D eigenvalue weighted by Crippen LogP contribution is 2.26. The van der Waals surface area contributed by atoms with Crippen LogP contribution < -0.4 is 0 Å². The number of ether oxygens (including phenoxy) is 2. The Balaban J connectivity index is 2.75. The summed E-state index contributed by atoms with van der Waals surface area (Å²) in [6.07, 6.45) is 5.60. The van der Waals surface area contributed by atoms with Crippen LogP contribution in [-0.2, 0) is 15.9 Å². The van der Waals surface area contributed by atoms with Crippen LogP contribution in [0.4, 0.5) is 0 Å². The van der Waals surface area contributed by atoms with E-state index in [9.17, 15) is 9.59 Å². The summed E-state index contributed by atoms with van der Waals surface area (Å²) in [6, 6.07) is 3.11. The molecular weight excluding hydrogens is 296 g/mol. The monoisotopic (exact) mass is 314 g/mol. The lowest BCUT2D eigenvalue weighted by atomic mass is 10.0. The van der Waals surface area contributed by atoms with Crippen LogP contribution in [0.2, 0.25) is 0 Å². The molecule has 0 unspecified atom stereocenters. The van der Waals surface area contributed by atoms with Gasteiger partial charge in [-0.3, -0.25) is 0 Å². The smallest absolute Gasteiger partial charge is 0.340 e. The zero-order valence-corrected chi connectivity index (χ0v) is 13.3. The van der Waals surface area contributed by atoms with Gasteiger partial charge in [-0.05, 0) is 24.6 Å². The van der Waals surface area contributed by atoms with Gasteiger partial charge in [-0.15, -0.1) is 6.58 Å². The van der Waals surface area contributed by atoms with Gasteiger partial charge in [-0.1, -0.05) is 6.08 Å². The third-order valence-corrected chi connectivity index (χ3v) is 3.53. The molecule has 2 aromatic rings. The normalized spacial score (nSPS) is 10.2. The molecule has 1 aromatic heterocycles. The van der Waals surface area contributed by atoms with E-state index in [1.165, 1.54) is 14.2 Å². The van der Waals surface area contributed by atoms with Crippen molar-refractivity contribution in [1.29, 1.82) is 0 Å². The Morgan fingerprint density at radius 1 is 1.22 bits per heavy atom. The molecule has 0 bridgehead atoms. The molecule has 0 radical (unpaired) electrons. The number of imidazole rings is 1. The van der Waals surface area contributed by atoms with Gasteiger partial charge >= 0.3 is 11.9 Å². The first kappa shape index (κ1) is 16.5. The van der Waals surface area contributed by atoms with Crippen LogP contribution in [0.15, 0.2) is 37.2 Å². The van der Waals surface area contributed by atoms with Crippen molar-refractivity contribution in [3.8, 4) is 5.69 Å². The Morgan fingerprint density at radius 3 is 2.43 bits per heavy atom. The second kappa shape index (κ2) is 6.91. The Hall–Kier alpha value is -2.89. The van der Waals surface area contributed by atoms with E-state index in [4.69, 9.17) is 9.47 Å². The van der Waals surface area contributed by atoms with Gasteiger partial charge in [0.2, 0.25) is 0 Å². The first-order valence-electron chi connectivity index (χ1n) is 6.98. The summed E-state index contributed by atoms with van der Waals surface area (Å²) in [7, 11) is 2.63. The quantitative estimate of drug-likeness (QED) is 0.626. The SMILES string of the molecule is C=CCc1nccn1-c1c(C(=O)OC)ccc(C(=O)OC)c1C. The van der Waals surface area contributed by atoms with Crippen LogP contribution in [0.3, 0.4) is 0 Å². The molecule has 1 heterocycles. The Kier molecular flexibility index (Phi) is 4.95. The van der Waals surface area contributed by atoms with E-state index in [1.54, 1.807) is 42.1 Å². The van der Waals surface area contributed by atoms with E-state index >= 15 is 0 Å². The second-order valence-corrected chi connectivity index (χ2v) is 4.82. The van der Waals surface area contributed by atoms with Crippen LogP contribution in [-0.4, -0.2) is 35.7 Å². The maximum atomic E-state index is 12.1. The number of methoxy groups -OCH3 is 2. The molecule has 6 heteroatoms. The molecule has 1 aromatic carbocycles. The number of allylic oxidation sites excluding steroid dienone is 1. The summed E-state index contributed by atoms with van der Waals surface area (Å²) in [5.74, 6) is -0.251. The van der Waals surface area contributed by atoms with Gasteiger partial charge in [0, 0.05) is 18.8 Å². The number of aromatic nitrogens is 2. The maximum absolute atomic E-state index is 12.1. The first-order chi connectivity index (χ1) is 11.0. The van der Waals surface area contributed by atoms with E-state index < -0.39 is 11.9 Å².